The van der Waals surface area contributed by atoms with E-state index < -0.39 is 0 Å². The van der Waals surface area contributed by atoms with Gasteiger partial charge in [-0.25, -0.2) is 0 Å². The lowest BCUT2D eigenvalue weighted by Crippen LogP contribution is -2.41. The molecule has 3 unspecified atom stereocenters. The average Bonchev–Trinajstić information content (AvgIpc) is 2.51. The van der Waals surface area contributed by atoms with Gasteiger partial charge >= 0.3 is 0 Å². The minimum atomic E-state index is -0.00863. The zero-order valence-electron chi connectivity index (χ0n) is 12.2. The Balaban J connectivity index is 2.41. The Bertz CT molecular complexity index is 253. The standard InChI is InChI=1S/C15H30N2O/c1-11(2)9-13(10-16)15(18)17-14-6-4-5-12(3)7-8-14/h11-14H,4-10,16H2,1-3H3,(H,17,18). The number of nitrogens with two attached hydrogens (primary N) is 1. The lowest BCUT2D eigenvalue weighted by molar-refractivity contribution is -0.126. The molecule has 1 aliphatic rings. The van der Waals surface area contributed by atoms with Crippen LogP contribution in [0.5, 0.6) is 0 Å². The van der Waals surface area contributed by atoms with Gasteiger partial charge in [0.05, 0.1) is 5.92 Å². The van der Waals surface area contributed by atoms with Crippen LogP contribution in [0.2, 0.25) is 0 Å². The highest BCUT2D eigenvalue weighted by Gasteiger charge is 2.22. The molecule has 1 saturated carbocycles. The van der Waals surface area contributed by atoms with Crippen LogP contribution in [0.4, 0.5) is 0 Å². The van der Waals surface area contributed by atoms with Gasteiger partial charge in [-0.2, -0.15) is 0 Å². The second-order valence-electron chi connectivity index (χ2n) is 6.38. The Morgan fingerprint density at radius 2 is 2.00 bits per heavy atom. The topological polar surface area (TPSA) is 55.1 Å². The summed E-state index contributed by atoms with van der Waals surface area (Å²) in [7, 11) is 0. The molecular formula is C15H30N2O. The van der Waals surface area contributed by atoms with E-state index in [1.807, 2.05) is 0 Å². The maximum Gasteiger partial charge on any atom is 0.224 e. The number of carbonyl (C=O) groups is 1. The van der Waals surface area contributed by atoms with E-state index in [9.17, 15) is 4.79 Å². The summed E-state index contributed by atoms with van der Waals surface area (Å²) >= 11 is 0. The Hall–Kier alpha value is -0.570. The fourth-order valence-corrected chi connectivity index (χ4v) is 2.83. The largest absolute Gasteiger partial charge is 0.353 e. The van der Waals surface area contributed by atoms with Crippen LogP contribution in [0.25, 0.3) is 0 Å². The van der Waals surface area contributed by atoms with Crippen molar-refractivity contribution in [3.05, 3.63) is 0 Å². The summed E-state index contributed by atoms with van der Waals surface area (Å²) in [6.45, 7) is 7.06. The quantitative estimate of drug-likeness (QED) is 0.741. The molecule has 0 radical (unpaired) electrons. The first-order valence-electron chi connectivity index (χ1n) is 7.53. The Labute approximate surface area is 112 Å². The highest BCUT2D eigenvalue weighted by Crippen LogP contribution is 2.23. The van der Waals surface area contributed by atoms with Gasteiger partial charge in [0.25, 0.3) is 0 Å². The van der Waals surface area contributed by atoms with Crippen LogP contribution >= 0.6 is 0 Å². The average molecular weight is 254 g/mol. The van der Waals surface area contributed by atoms with Crippen molar-refractivity contribution in [1.29, 1.82) is 0 Å². The number of amides is 1. The third kappa shape index (κ3) is 5.38. The molecule has 0 spiro atoms. The molecule has 0 aromatic carbocycles. The molecule has 1 aliphatic carbocycles. The van der Waals surface area contributed by atoms with E-state index in [1.54, 1.807) is 0 Å². The van der Waals surface area contributed by atoms with Crippen molar-refractivity contribution in [2.45, 2.75) is 65.3 Å². The van der Waals surface area contributed by atoms with E-state index in [1.165, 1.54) is 19.3 Å². The number of nitrogens with one attached hydrogen (secondary N) is 1. The molecule has 0 aliphatic heterocycles. The van der Waals surface area contributed by atoms with Crippen LogP contribution in [-0.2, 0) is 4.79 Å². The molecule has 18 heavy (non-hydrogen) atoms. The Morgan fingerprint density at radius 3 is 2.61 bits per heavy atom. The van der Waals surface area contributed by atoms with Gasteiger partial charge in [0.15, 0.2) is 0 Å². The molecule has 0 saturated heterocycles. The third-order valence-corrected chi connectivity index (χ3v) is 4.02. The second-order valence-corrected chi connectivity index (χ2v) is 6.38. The van der Waals surface area contributed by atoms with Crippen LogP contribution in [0, 0.1) is 17.8 Å². The predicted octanol–water partition coefficient (Wildman–Crippen LogP) is 2.69. The Kier molecular flexibility index (Phi) is 6.69. The molecule has 0 aromatic rings. The number of hydrogen-bond donors (Lipinski definition) is 2. The van der Waals surface area contributed by atoms with Gasteiger partial charge < -0.3 is 11.1 Å². The number of rotatable bonds is 5. The second kappa shape index (κ2) is 7.78. The molecule has 1 amide bonds. The van der Waals surface area contributed by atoms with Crippen molar-refractivity contribution < 1.29 is 4.79 Å². The maximum absolute atomic E-state index is 12.2. The lowest BCUT2D eigenvalue weighted by Gasteiger charge is -2.22. The highest BCUT2D eigenvalue weighted by molar-refractivity contribution is 5.79. The summed E-state index contributed by atoms with van der Waals surface area (Å²) in [6, 6.07) is 0.378. The minimum Gasteiger partial charge on any atom is -0.353 e. The molecule has 3 heteroatoms. The number of carbonyl (C=O) groups excluding carboxylic acids is 1. The van der Waals surface area contributed by atoms with Crippen molar-refractivity contribution >= 4 is 5.91 Å². The molecule has 106 valence electrons. The van der Waals surface area contributed by atoms with Gasteiger partial charge in [0, 0.05) is 12.6 Å². The van der Waals surface area contributed by atoms with Crippen LogP contribution < -0.4 is 11.1 Å². The van der Waals surface area contributed by atoms with E-state index in [-0.39, 0.29) is 11.8 Å². The molecule has 1 rings (SSSR count). The molecular weight excluding hydrogens is 224 g/mol. The maximum atomic E-state index is 12.2. The fraction of sp³-hybridized carbons (Fsp3) is 0.933. The zero-order valence-corrected chi connectivity index (χ0v) is 12.2. The van der Waals surface area contributed by atoms with E-state index in [4.69, 9.17) is 5.73 Å². The summed E-state index contributed by atoms with van der Waals surface area (Å²) in [4.78, 5) is 12.2. The van der Waals surface area contributed by atoms with Gasteiger partial charge in [-0.3, -0.25) is 4.79 Å². The fourth-order valence-electron chi connectivity index (χ4n) is 2.83. The van der Waals surface area contributed by atoms with E-state index >= 15 is 0 Å². The predicted molar refractivity (Wildman–Crippen MR) is 76.2 cm³/mol. The SMILES string of the molecule is CC(C)CC(CN)C(=O)NC1CCCC(C)CC1. The summed E-state index contributed by atoms with van der Waals surface area (Å²) in [5.41, 5.74) is 5.72. The molecule has 0 bridgehead atoms. The van der Waals surface area contributed by atoms with Gasteiger partial charge in [-0.1, -0.05) is 33.6 Å². The van der Waals surface area contributed by atoms with Gasteiger partial charge in [0.2, 0.25) is 5.91 Å². The first-order chi connectivity index (χ1) is 8.52. The summed E-state index contributed by atoms with van der Waals surface area (Å²) < 4.78 is 0. The summed E-state index contributed by atoms with van der Waals surface area (Å²) in [5, 5.41) is 3.22. The molecule has 3 N–H and O–H groups in total. The van der Waals surface area contributed by atoms with Crippen molar-refractivity contribution in [3.8, 4) is 0 Å². The third-order valence-electron chi connectivity index (χ3n) is 4.02. The molecule has 3 nitrogen and oxygen atoms in total. The Morgan fingerprint density at radius 1 is 1.28 bits per heavy atom. The van der Waals surface area contributed by atoms with Gasteiger partial charge in [0.1, 0.15) is 0 Å². The first-order valence-corrected chi connectivity index (χ1v) is 7.53. The van der Waals surface area contributed by atoms with E-state index in [0.717, 1.165) is 25.2 Å². The van der Waals surface area contributed by atoms with Crippen LogP contribution in [0.1, 0.15) is 59.3 Å². The van der Waals surface area contributed by atoms with Crippen molar-refractivity contribution in [1.82, 2.24) is 5.32 Å². The smallest absolute Gasteiger partial charge is 0.224 e. The van der Waals surface area contributed by atoms with Crippen molar-refractivity contribution in [2.24, 2.45) is 23.5 Å². The van der Waals surface area contributed by atoms with Crippen LogP contribution in [0.15, 0.2) is 0 Å². The highest BCUT2D eigenvalue weighted by atomic mass is 16.1. The normalized spacial score (nSPS) is 26.7. The molecule has 1 fully saturated rings. The van der Waals surface area contributed by atoms with Crippen LogP contribution in [-0.4, -0.2) is 18.5 Å². The van der Waals surface area contributed by atoms with Gasteiger partial charge in [-0.05, 0) is 37.5 Å². The molecule has 3 atom stereocenters. The van der Waals surface area contributed by atoms with Crippen molar-refractivity contribution in [2.75, 3.05) is 6.54 Å². The van der Waals surface area contributed by atoms with Gasteiger partial charge in [-0.15, -0.1) is 0 Å². The molecule has 0 heterocycles. The van der Waals surface area contributed by atoms with Crippen LogP contribution in [0.3, 0.4) is 0 Å². The van der Waals surface area contributed by atoms with Crippen molar-refractivity contribution in [3.63, 3.8) is 0 Å². The first kappa shape index (κ1) is 15.5. The summed E-state index contributed by atoms with van der Waals surface area (Å²) in [6.07, 6.45) is 6.94. The van der Waals surface area contributed by atoms with E-state index in [2.05, 4.69) is 26.1 Å². The number of hydrogen-bond acceptors (Lipinski definition) is 2. The summed E-state index contributed by atoms with van der Waals surface area (Å²) in [5.74, 6) is 1.50. The van der Waals surface area contributed by atoms with E-state index in [0.29, 0.717) is 18.5 Å². The lowest BCUT2D eigenvalue weighted by atomic mass is 9.95. The minimum absolute atomic E-state index is 0.00863. The molecule has 0 aromatic heterocycles. The monoisotopic (exact) mass is 254 g/mol. The zero-order chi connectivity index (χ0) is 13.5.